The first kappa shape index (κ1) is 16.0. The molecule has 2 fully saturated rings. The van der Waals surface area contributed by atoms with Crippen LogP contribution in [0.5, 0.6) is 0 Å². The van der Waals surface area contributed by atoms with Crippen LogP contribution in [-0.4, -0.2) is 78.9 Å². The lowest BCUT2D eigenvalue weighted by Gasteiger charge is -2.22. The van der Waals surface area contributed by atoms with E-state index in [-0.39, 0.29) is 12.1 Å². The summed E-state index contributed by atoms with van der Waals surface area (Å²) in [6.07, 6.45) is 2.77. The molecule has 0 aromatic carbocycles. The first-order valence-electron chi connectivity index (χ1n) is 7.66. The molecule has 0 saturated carbocycles. The third kappa shape index (κ3) is 4.86. The molecule has 0 spiro atoms. The molecule has 2 saturated heterocycles. The third-order valence-electron chi connectivity index (χ3n) is 4.16. The van der Waals surface area contributed by atoms with Crippen LogP contribution >= 0.6 is 0 Å². The van der Waals surface area contributed by atoms with E-state index >= 15 is 0 Å². The number of carboxylic acid groups (broad SMARTS) is 1. The van der Waals surface area contributed by atoms with Crippen molar-refractivity contribution < 1.29 is 19.4 Å². The molecule has 2 aliphatic rings. The molecule has 7 nitrogen and oxygen atoms in total. The highest BCUT2D eigenvalue weighted by atomic mass is 16.5. The second-order valence-electron chi connectivity index (χ2n) is 5.82. The predicted molar refractivity (Wildman–Crippen MR) is 77.2 cm³/mol. The fourth-order valence-corrected chi connectivity index (χ4v) is 2.77. The normalized spacial score (nSPS) is 26.0. The van der Waals surface area contributed by atoms with E-state index in [0.717, 1.165) is 19.6 Å². The summed E-state index contributed by atoms with van der Waals surface area (Å²) in [6.45, 7) is 4.24. The molecule has 0 aromatic rings. The molecule has 2 heterocycles. The van der Waals surface area contributed by atoms with Crippen molar-refractivity contribution >= 4 is 12.0 Å². The molecule has 21 heavy (non-hydrogen) atoms. The minimum absolute atomic E-state index is 0.128. The highest BCUT2D eigenvalue weighted by Gasteiger charge is 2.30. The van der Waals surface area contributed by atoms with Crippen LogP contribution in [0.15, 0.2) is 0 Å². The number of hydrogen-bond donors (Lipinski definition) is 2. The van der Waals surface area contributed by atoms with Gasteiger partial charge in [-0.25, -0.2) is 9.59 Å². The minimum Gasteiger partial charge on any atom is -0.479 e. The number of carbonyl (C=O) groups excluding carboxylic acids is 1. The van der Waals surface area contributed by atoms with Crippen LogP contribution in [0, 0.1) is 0 Å². The lowest BCUT2D eigenvalue weighted by Crippen LogP contribution is -2.43. The van der Waals surface area contributed by atoms with Crippen molar-refractivity contribution in [2.45, 2.75) is 37.9 Å². The Bertz CT molecular complexity index is 371. The molecule has 2 atom stereocenters. The van der Waals surface area contributed by atoms with Gasteiger partial charge in [0.1, 0.15) is 0 Å². The van der Waals surface area contributed by atoms with Crippen LogP contribution in [0.4, 0.5) is 4.79 Å². The molecule has 2 N–H and O–H groups in total. The summed E-state index contributed by atoms with van der Waals surface area (Å²) >= 11 is 0. The van der Waals surface area contributed by atoms with Crippen molar-refractivity contribution in [2.75, 3.05) is 39.8 Å². The van der Waals surface area contributed by atoms with E-state index in [9.17, 15) is 9.59 Å². The Morgan fingerprint density at radius 3 is 2.67 bits per heavy atom. The first-order chi connectivity index (χ1) is 10.1. The van der Waals surface area contributed by atoms with Gasteiger partial charge in [-0.15, -0.1) is 0 Å². The maximum atomic E-state index is 11.9. The Hall–Kier alpha value is -1.34. The van der Waals surface area contributed by atoms with E-state index < -0.39 is 12.1 Å². The SMILES string of the molecule is CN(CCN1CCCC1)C(=O)NCC1CCC(C(=O)O)O1. The zero-order chi connectivity index (χ0) is 15.2. The van der Waals surface area contributed by atoms with Crippen molar-refractivity contribution in [1.82, 2.24) is 15.1 Å². The summed E-state index contributed by atoms with van der Waals surface area (Å²) in [5, 5.41) is 11.7. The molecule has 0 bridgehead atoms. The van der Waals surface area contributed by atoms with Gasteiger partial charge in [0, 0.05) is 26.7 Å². The number of amides is 2. The Labute approximate surface area is 125 Å². The van der Waals surface area contributed by atoms with E-state index in [0.29, 0.717) is 25.9 Å². The molecule has 2 amide bonds. The second-order valence-corrected chi connectivity index (χ2v) is 5.82. The Balaban J connectivity index is 1.61. The van der Waals surface area contributed by atoms with Gasteiger partial charge in [-0.1, -0.05) is 0 Å². The number of nitrogens with one attached hydrogen (secondary N) is 1. The van der Waals surface area contributed by atoms with Gasteiger partial charge in [0.2, 0.25) is 0 Å². The Morgan fingerprint density at radius 2 is 2.05 bits per heavy atom. The first-order valence-corrected chi connectivity index (χ1v) is 7.66. The van der Waals surface area contributed by atoms with Gasteiger partial charge in [0.15, 0.2) is 6.10 Å². The van der Waals surface area contributed by atoms with E-state index in [1.807, 2.05) is 0 Å². The Morgan fingerprint density at radius 1 is 1.33 bits per heavy atom. The average Bonchev–Trinajstić information content (AvgIpc) is 3.13. The summed E-state index contributed by atoms with van der Waals surface area (Å²) in [5.41, 5.74) is 0. The van der Waals surface area contributed by atoms with Gasteiger partial charge in [-0.3, -0.25) is 0 Å². The van der Waals surface area contributed by atoms with Crippen molar-refractivity contribution in [3.05, 3.63) is 0 Å². The smallest absolute Gasteiger partial charge is 0.332 e. The number of ether oxygens (including phenoxy) is 1. The van der Waals surface area contributed by atoms with Crippen LogP contribution in [0.3, 0.4) is 0 Å². The summed E-state index contributed by atoms with van der Waals surface area (Å²) in [4.78, 5) is 26.8. The number of carboxylic acids is 1. The van der Waals surface area contributed by atoms with Crippen molar-refractivity contribution in [2.24, 2.45) is 0 Å². The molecule has 120 valence electrons. The number of hydrogen-bond acceptors (Lipinski definition) is 4. The zero-order valence-electron chi connectivity index (χ0n) is 12.6. The van der Waals surface area contributed by atoms with E-state index in [1.165, 1.54) is 12.8 Å². The molecule has 0 aromatic heterocycles. The number of carbonyl (C=O) groups is 2. The summed E-state index contributed by atoms with van der Waals surface area (Å²) in [5.74, 6) is -0.924. The van der Waals surface area contributed by atoms with Crippen LogP contribution < -0.4 is 5.32 Å². The minimum atomic E-state index is -0.924. The van der Waals surface area contributed by atoms with Crippen molar-refractivity contribution in [3.63, 3.8) is 0 Å². The summed E-state index contributed by atoms with van der Waals surface area (Å²) in [6, 6.07) is -0.128. The average molecular weight is 299 g/mol. The fraction of sp³-hybridized carbons (Fsp3) is 0.857. The fourth-order valence-electron chi connectivity index (χ4n) is 2.77. The number of aliphatic carboxylic acids is 1. The zero-order valence-corrected chi connectivity index (χ0v) is 12.6. The predicted octanol–water partition coefficient (Wildman–Crippen LogP) is 0.356. The highest BCUT2D eigenvalue weighted by molar-refractivity contribution is 5.74. The monoisotopic (exact) mass is 299 g/mol. The van der Waals surface area contributed by atoms with Crippen LogP contribution in [0.1, 0.15) is 25.7 Å². The van der Waals surface area contributed by atoms with Crippen LogP contribution in [0.25, 0.3) is 0 Å². The Kier molecular flexibility index (Phi) is 5.81. The highest BCUT2D eigenvalue weighted by Crippen LogP contribution is 2.19. The van der Waals surface area contributed by atoms with Gasteiger partial charge in [0.05, 0.1) is 6.10 Å². The standard InChI is InChI=1S/C14H25N3O4/c1-16(8-9-17-6-2-3-7-17)14(20)15-10-11-4-5-12(21-11)13(18)19/h11-12H,2-10H2,1H3,(H,15,20)(H,18,19). The topological polar surface area (TPSA) is 82.1 Å². The summed E-state index contributed by atoms with van der Waals surface area (Å²) < 4.78 is 5.35. The second kappa shape index (κ2) is 7.61. The van der Waals surface area contributed by atoms with E-state index in [4.69, 9.17) is 9.84 Å². The quantitative estimate of drug-likeness (QED) is 0.740. The van der Waals surface area contributed by atoms with Crippen molar-refractivity contribution in [1.29, 1.82) is 0 Å². The van der Waals surface area contributed by atoms with Gasteiger partial charge >= 0.3 is 12.0 Å². The largest absolute Gasteiger partial charge is 0.479 e. The number of nitrogens with zero attached hydrogens (tertiary/aromatic N) is 2. The van der Waals surface area contributed by atoms with Crippen LogP contribution in [0.2, 0.25) is 0 Å². The molecular weight excluding hydrogens is 274 g/mol. The van der Waals surface area contributed by atoms with Crippen LogP contribution in [-0.2, 0) is 9.53 Å². The molecule has 2 unspecified atom stereocenters. The lowest BCUT2D eigenvalue weighted by molar-refractivity contribution is -0.149. The molecule has 2 aliphatic heterocycles. The maximum absolute atomic E-state index is 11.9. The number of rotatable bonds is 6. The summed E-state index contributed by atoms with van der Waals surface area (Å²) in [7, 11) is 1.78. The molecular formula is C14H25N3O4. The lowest BCUT2D eigenvalue weighted by atomic mass is 10.2. The van der Waals surface area contributed by atoms with Gasteiger partial charge in [0.25, 0.3) is 0 Å². The molecule has 2 rings (SSSR count). The number of likely N-dealkylation sites (N-methyl/N-ethyl adjacent to an activating group) is 1. The van der Waals surface area contributed by atoms with E-state index in [2.05, 4.69) is 10.2 Å². The number of likely N-dealkylation sites (tertiary alicyclic amines) is 1. The molecule has 0 radical (unpaired) electrons. The molecule has 7 heteroatoms. The molecule has 0 aliphatic carbocycles. The van der Waals surface area contributed by atoms with Gasteiger partial charge in [-0.2, -0.15) is 0 Å². The van der Waals surface area contributed by atoms with Gasteiger partial charge < -0.3 is 25.0 Å². The van der Waals surface area contributed by atoms with E-state index in [1.54, 1.807) is 11.9 Å². The van der Waals surface area contributed by atoms with Gasteiger partial charge in [-0.05, 0) is 38.8 Å². The van der Waals surface area contributed by atoms with Crippen molar-refractivity contribution in [3.8, 4) is 0 Å². The number of urea groups is 1. The third-order valence-corrected chi connectivity index (χ3v) is 4.16. The maximum Gasteiger partial charge on any atom is 0.332 e.